The van der Waals surface area contributed by atoms with Gasteiger partial charge in [-0.2, -0.15) is 4.98 Å². The summed E-state index contributed by atoms with van der Waals surface area (Å²) in [5.41, 5.74) is -0.219. The highest BCUT2D eigenvalue weighted by atomic mass is 32.2. The largest absolute Gasteiger partial charge is 0.364 e. The van der Waals surface area contributed by atoms with Gasteiger partial charge in [-0.25, -0.2) is 9.18 Å². The van der Waals surface area contributed by atoms with E-state index < -0.39 is 11.5 Å². The first-order chi connectivity index (χ1) is 11.6. The minimum Gasteiger partial charge on any atom is -0.364 e. The van der Waals surface area contributed by atoms with Crippen LogP contribution in [0.25, 0.3) is 0 Å². The van der Waals surface area contributed by atoms with Gasteiger partial charge in [-0.15, -0.1) is 11.8 Å². The van der Waals surface area contributed by atoms with Crippen molar-refractivity contribution < 1.29 is 13.9 Å². The Morgan fingerprint density at radius 1 is 1.42 bits per heavy atom. The molecular weight excluding hydrogens is 331 g/mol. The Kier molecular flexibility index (Phi) is 5.11. The van der Waals surface area contributed by atoms with Crippen LogP contribution in [0.3, 0.4) is 0 Å². The van der Waals surface area contributed by atoms with Crippen LogP contribution in [0.1, 0.15) is 34.8 Å². The zero-order valence-corrected chi connectivity index (χ0v) is 14.0. The van der Waals surface area contributed by atoms with E-state index in [2.05, 4.69) is 4.98 Å². The number of rotatable bonds is 5. The second-order valence-corrected chi connectivity index (χ2v) is 6.80. The number of carbonyl (C=O) groups is 1. The monoisotopic (exact) mass is 348 g/mol. The molecule has 24 heavy (non-hydrogen) atoms. The number of hydrogen-bond donors (Lipinski definition) is 0. The van der Waals surface area contributed by atoms with Gasteiger partial charge in [-0.1, -0.05) is 37.3 Å². The summed E-state index contributed by atoms with van der Waals surface area (Å²) in [4.78, 5) is 28.1. The van der Waals surface area contributed by atoms with Crippen LogP contribution in [0.4, 0.5) is 4.39 Å². The van der Waals surface area contributed by atoms with Gasteiger partial charge in [-0.3, -0.25) is 9.36 Å². The van der Waals surface area contributed by atoms with E-state index in [1.54, 1.807) is 30.3 Å². The van der Waals surface area contributed by atoms with Crippen LogP contribution in [-0.2, 0) is 11.2 Å². The first-order valence-corrected chi connectivity index (χ1v) is 8.65. The summed E-state index contributed by atoms with van der Waals surface area (Å²) < 4.78 is 21.1. The van der Waals surface area contributed by atoms with Gasteiger partial charge in [-0.05, 0) is 6.42 Å². The Hall–Kier alpha value is -1.99. The summed E-state index contributed by atoms with van der Waals surface area (Å²) in [6.45, 7) is 2.33. The minimum atomic E-state index is -0.653. The van der Waals surface area contributed by atoms with Crippen molar-refractivity contribution in [3.8, 4) is 0 Å². The van der Waals surface area contributed by atoms with E-state index >= 15 is 0 Å². The average molecular weight is 348 g/mol. The number of nitrogens with zero attached hydrogens (tertiary/aromatic N) is 2. The maximum absolute atomic E-state index is 14.3. The predicted molar refractivity (Wildman–Crippen MR) is 89.6 cm³/mol. The molecule has 1 aromatic carbocycles. The fourth-order valence-corrected chi connectivity index (χ4v) is 3.63. The number of carbonyl (C=O) groups excluding carboxylic acids is 1. The van der Waals surface area contributed by atoms with Crippen LogP contribution in [0.15, 0.2) is 41.3 Å². The fraction of sp³-hybridized carbons (Fsp3) is 0.353. The van der Waals surface area contributed by atoms with Crippen LogP contribution in [0, 0.1) is 5.82 Å². The lowest BCUT2D eigenvalue weighted by Crippen LogP contribution is -2.28. The molecule has 0 spiro atoms. The third-order valence-electron chi connectivity index (χ3n) is 3.78. The van der Waals surface area contributed by atoms with Crippen molar-refractivity contribution in [2.75, 3.05) is 6.61 Å². The molecule has 0 saturated carbocycles. The van der Waals surface area contributed by atoms with E-state index in [9.17, 15) is 14.0 Å². The molecule has 1 aliphatic rings. The van der Waals surface area contributed by atoms with Gasteiger partial charge < -0.3 is 4.74 Å². The molecule has 0 radical (unpaired) electrons. The minimum absolute atomic E-state index is 0.00398. The highest BCUT2D eigenvalue weighted by Gasteiger charge is 2.28. The van der Waals surface area contributed by atoms with Gasteiger partial charge >= 0.3 is 5.69 Å². The summed E-state index contributed by atoms with van der Waals surface area (Å²) in [6.07, 6.45) is 1.70. The molecular formula is C17H17FN2O3S. The van der Waals surface area contributed by atoms with Crippen molar-refractivity contribution in [2.24, 2.45) is 0 Å². The Balaban J connectivity index is 1.80. The van der Waals surface area contributed by atoms with Gasteiger partial charge in [0.2, 0.25) is 0 Å². The maximum atomic E-state index is 14.3. The summed E-state index contributed by atoms with van der Waals surface area (Å²) in [7, 11) is 0. The molecule has 2 heterocycles. The van der Waals surface area contributed by atoms with Gasteiger partial charge in [0.1, 0.15) is 10.8 Å². The van der Waals surface area contributed by atoms with E-state index in [0.29, 0.717) is 12.2 Å². The SMILES string of the molecule is CC[C@H]1OC[C@@H](n2cc(F)c(CC(=O)c3ccccc3)nc2=O)S1. The number of halogens is 1. The number of ether oxygens (including phenoxy) is 1. The summed E-state index contributed by atoms with van der Waals surface area (Å²) >= 11 is 1.47. The van der Waals surface area contributed by atoms with Gasteiger partial charge in [0, 0.05) is 11.8 Å². The molecule has 2 atom stereocenters. The molecule has 0 unspecified atom stereocenters. The number of Topliss-reactive ketones (excluding diaryl/α,β-unsaturated/α-hetero) is 1. The Labute approximate surface area is 142 Å². The Morgan fingerprint density at radius 2 is 2.17 bits per heavy atom. The number of ketones is 1. The molecule has 0 N–H and O–H groups in total. The molecule has 0 aliphatic carbocycles. The molecule has 3 rings (SSSR count). The second kappa shape index (κ2) is 7.27. The van der Waals surface area contributed by atoms with Crippen molar-refractivity contribution in [1.82, 2.24) is 9.55 Å². The molecule has 2 aromatic rings. The Bertz CT molecular complexity index is 794. The standard InChI is InChI=1S/C17H17FN2O3S/c1-2-16-23-10-15(24-16)20-9-12(18)13(19-17(20)22)8-14(21)11-6-4-3-5-7-11/h3-7,9,15-16H,2,8,10H2,1H3/t15-,16-/m0/s1. The summed E-state index contributed by atoms with van der Waals surface area (Å²) in [6, 6.07) is 8.56. The van der Waals surface area contributed by atoms with E-state index in [-0.39, 0.29) is 28.7 Å². The second-order valence-electron chi connectivity index (χ2n) is 5.45. The first-order valence-electron chi connectivity index (χ1n) is 7.71. The number of aromatic nitrogens is 2. The van der Waals surface area contributed by atoms with Crippen LogP contribution < -0.4 is 5.69 Å². The lowest BCUT2D eigenvalue weighted by Gasteiger charge is -2.12. The first kappa shape index (κ1) is 16.9. The van der Waals surface area contributed by atoms with Crippen LogP contribution >= 0.6 is 11.8 Å². The molecule has 0 amide bonds. The normalized spacial score (nSPS) is 20.2. The smallest absolute Gasteiger partial charge is 0.349 e. The van der Waals surface area contributed by atoms with E-state index in [0.717, 1.165) is 12.6 Å². The molecule has 1 aromatic heterocycles. The Morgan fingerprint density at radius 3 is 2.83 bits per heavy atom. The quantitative estimate of drug-likeness (QED) is 0.778. The molecule has 5 nitrogen and oxygen atoms in total. The van der Waals surface area contributed by atoms with Crippen molar-refractivity contribution in [1.29, 1.82) is 0 Å². The van der Waals surface area contributed by atoms with Crippen molar-refractivity contribution in [2.45, 2.75) is 30.6 Å². The maximum Gasteiger partial charge on any atom is 0.349 e. The van der Waals surface area contributed by atoms with E-state index in [1.807, 2.05) is 6.92 Å². The highest BCUT2D eigenvalue weighted by molar-refractivity contribution is 8.00. The third kappa shape index (κ3) is 3.57. The summed E-state index contributed by atoms with van der Waals surface area (Å²) in [5.74, 6) is -0.928. The van der Waals surface area contributed by atoms with Gasteiger partial charge in [0.15, 0.2) is 11.6 Å². The number of hydrogen-bond acceptors (Lipinski definition) is 5. The zero-order valence-electron chi connectivity index (χ0n) is 13.1. The van der Waals surface area contributed by atoms with E-state index in [1.165, 1.54) is 16.3 Å². The van der Waals surface area contributed by atoms with Crippen molar-refractivity contribution >= 4 is 17.5 Å². The molecule has 1 saturated heterocycles. The van der Waals surface area contributed by atoms with Crippen LogP contribution in [0.5, 0.6) is 0 Å². The molecule has 1 fully saturated rings. The van der Waals surface area contributed by atoms with Gasteiger partial charge in [0.05, 0.1) is 18.7 Å². The van der Waals surface area contributed by atoms with Crippen LogP contribution in [-0.4, -0.2) is 27.4 Å². The lowest BCUT2D eigenvalue weighted by atomic mass is 10.1. The van der Waals surface area contributed by atoms with Gasteiger partial charge in [0.25, 0.3) is 0 Å². The summed E-state index contributed by atoms with van der Waals surface area (Å²) in [5, 5.41) is -0.289. The molecule has 1 aliphatic heterocycles. The average Bonchev–Trinajstić information content (AvgIpc) is 3.07. The molecule has 7 heteroatoms. The van der Waals surface area contributed by atoms with E-state index in [4.69, 9.17) is 4.74 Å². The number of thioether (sulfide) groups is 1. The molecule has 0 bridgehead atoms. The van der Waals surface area contributed by atoms with Crippen LogP contribution in [0.2, 0.25) is 0 Å². The lowest BCUT2D eigenvalue weighted by molar-refractivity contribution is 0.0990. The third-order valence-corrected chi connectivity index (χ3v) is 5.23. The predicted octanol–water partition coefficient (Wildman–Crippen LogP) is 2.81. The zero-order chi connectivity index (χ0) is 17.1. The topological polar surface area (TPSA) is 61.2 Å². The van der Waals surface area contributed by atoms with Crippen molar-refractivity contribution in [3.05, 3.63) is 64.1 Å². The highest BCUT2D eigenvalue weighted by Crippen LogP contribution is 2.36. The fourth-order valence-electron chi connectivity index (χ4n) is 2.49. The number of benzene rings is 1. The molecule has 126 valence electrons. The van der Waals surface area contributed by atoms with Crippen molar-refractivity contribution in [3.63, 3.8) is 0 Å².